The molecular formula is C20H28N4O2. The maximum atomic E-state index is 12.4. The highest BCUT2D eigenvalue weighted by molar-refractivity contribution is 5.78. The van der Waals surface area contributed by atoms with Gasteiger partial charge in [0.05, 0.1) is 24.0 Å². The molecule has 2 aromatic rings. The lowest BCUT2D eigenvalue weighted by Gasteiger charge is -2.28. The highest BCUT2D eigenvalue weighted by Gasteiger charge is 2.20. The third-order valence-electron chi connectivity index (χ3n) is 5.23. The zero-order valence-electron chi connectivity index (χ0n) is 15.6. The Kier molecular flexibility index (Phi) is 6.04. The second-order valence-electron chi connectivity index (χ2n) is 7.36. The number of rotatable bonds is 6. The number of aromatic nitrogens is 2. The van der Waals surface area contributed by atoms with Crippen LogP contribution in [-0.4, -0.2) is 39.9 Å². The summed E-state index contributed by atoms with van der Waals surface area (Å²) in [6.07, 6.45) is 4.51. The van der Waals surface area contributed by atoms with Crippen LogP contribution in [0.1, 0.15) is 45.4 Å². The summed E-state index contributed by atoms with van der Waals surface area (Å²) in [6.45, 7) is 5.76. The molecule has 0 spiro atoms. The van der Waals surface area contributed by atoms with E-state index in [9.17, 15) is 9.59 Å². The topological polar surface area (TPSA) is 78.1 Å². The maximum absolute atomic E-state index is 12.4. The Balaban J connectivity index is 1.60. The minimum Gasteiger partial charge on any atom is -0.352 e. The molecule has 1 aliphatic carbocycles. The zero-order valence-corrected chi connectivity index (χ0v) is 15.6. The maximum Gasteiger partial charge on any atom is 0.258 e. The molecule has 0 bridgehead atoms. The Morgan fingerprint density at radius 3 is 2.73 bits per heavy atom. The van der Waals surface area contributed by atoms with Crippen LogP contribution in [0.15, 0.2) is 29.1 Å². The fourth-order valence-corrected chi connectivity index (χ4v) is 3.58. The molecule has 0 atom stereocenters. The normalized spacial score (nSPS) is 20.4. The zero-order chi connectivity index (χ0) is 18.5. The lowest BCUT2D eigenvalue weighted by atomic mass is 9.87. The summed E-state index contributed by atoms with van der Waals surface area (Å²) in [5.41, 5.74) is 0.547. The Morgan fingerprint density at radius 1 is 1.27 bits per heavy atom. The van der Waals surface area contributed by atoms with Crippen molar-refractivity contribution in [2.24, 2.45) is 5.92 Å². The minimum absolute atomic E-state index is 0.0505. The standard InChI is InChI=1S/C20H28N4O2/c1-3-24(13-19(25)21-15-10-8-14(2)9-11-15)12-18-22-17-7-5-4-6-16(17)20(26)23-18/h4-7,14-15H,3,8-13H2,1-2H3,(H,21,25)(H,22,23,26). The first-order chi connectivity index (χ1) is 12.5. The van der Waals surface area contributed by atoms with Gasteiger partial charge in [0.2, 0.25) is 5.91 Å². The molecule has 1 saturated carbocycles. The first-order valence-electron chi connectivity index (χ1n) is 9.54. The quantitative estimate of drug-likeness (QED) is 0.833. The monoisotopic (exact) mass is 356 g/mol. The number of hydrogen-bond donors (Lipinski definition) is 2. The van der Waals surface area contributed by atoms with Gasteiger partial charge in [0.1, 0.15) is 5.82 Å². The van der Waals surface area contributed by atoms with E-state index in [-0.39, 0.29) is 11.5 Å². The van der Waals surface area contributed by atoms with E-state index in [0.29, 0.717) is 42.4 Å². The van der Waals surface area contributed by atoms with Crippen LogP contribution < -0.4 is 10.9 Å². The number of H-pyrrole nitrogens is 1. The van der Waals surface area contributed by atoms with E-state index in [4.69, 9.17) is 0 Å². The van der Waals surface area contributed by atoms with Gasteiger partial charge in [-0.3, -0.25) is 14.5 Å². The fraction of sp³-hybridized carbons (Fsp3) is 0.550. The van der Waals surface area contributed by atoms with Crippen molar-refractivity contribution in [3.8, 4) is 0 Å². The van der Waals surface area contributed by atoms with Crippen molar-refractivity contribution in [3.63, 3.8) is 0 Å². The molecule has 1 heterocycles. The van der Waals surface area contributed by atoms with Gasteiger partial charge in [-0.15, -0.1) is 0 Å². The highest BCUT2D eigenvalue weighted by atomic mass is 16.2. The molecule has 1 aliphatic rings. The summed E-state index contributed by atoms with van der Waals surface area (Å²) >= 11 is 0. The number of nitrogens with zero attached hydrogens (tertiary/aromatic N) is 2. The van der Waals surface area contributed by atoms with E-state index in [1.807, 2.05) is 30.0 Å². The number of amides is 1. The molecule has 1 aromatic heterocycles. The Hall–Kier alpha value is -2.21. The van der Waals surface area contributed by atoms with Gasteiger partial charge in [0.25, 0.3) is 5.56 Å². The summed E-state index contributed by atoms with van der Waals surface area (Å²) in [7, 11) is 0. The van der Waals surface area contributed by atoms with Crippen molar-refractivity contribution in [1.82, 2.24) is 20.2 Å². The van der Waals surface area contributed by atoms with Gasteiger partial charge in [-0.25, -0.2) is 4.98 Å². The average molecular weight is 356 g/mol. The molecule has 1 aromatic carbocycles. The van der Waals surface area contributed by atoms with Gasteiger partial charge in [0, 0.05) is 6.04 Å². The van der Waals surface area contributed by atoms with E-state index in [0.717, 1.165) is 18.8 Å². The molecule has 3 rings (SSSR count). The van der Waals surface area contributed by atoms with Crippen molar-refractivity contribution < 1.29 is 4.79 Å². The van der Waals surface area contributed by atoms with Crippen molar-refractivity contribution in [3.05, 3.63) is 40.4 Å². The van der Waals surface area contributed by atoms with Gasteiger partial charge in [-0.1, -0.05) is 26.0 Å². The van der Waals surface area contributed by atoms with E-state index in [1.165, 1.54) is 12.8 Å². The number of hydrogen-bond acceptors (Lipinski definition) is 4. The highest BCUT2D eigenvalue weighted by Crippen LogP contribution is 2.23. The molecule has 26 heavy (non-hydrogen) atoms. The van der Waals surface area contributed by atoms with Crippen LogP contribution in [0.3, 0.4) is 0 Å². The number of nitrogens with one attached hydrogen (secondary N) is 2. The lowest BCUT2D eigenvalue weighted by molar-refractivity contribution is -0.123. The smallest absolute Gasteiger partial charge is 0.258 e. The average Bonchev–Trinajstić information content (AvgIpc) is 2.63. The molecular weight excluding hydrogens is 328 g/mol. The fourth-order valence-electron chi connectivity index (χ4n) is 3.58. The van der Waals surface area contributed by atoms with Crippen molar-refractivity contribution in [1.29, 1.82) is 0 Å². The first-order valence-corrected chi connectivity index (χ1v) is 9.54. The van der Waals surface area contributed by atoms with E-state index in [2.05, 4.69) is 22.2 Å². The van der Waals surface area contributed by atoms with Gasteiger partial charge < -0.3 is 10.3 Å². The molecule has 0 radical (unpaired) electrons. The van der Waals surface area contributed by atoms with E-state index < -0.39 is 0 Å². The van der Waals surface area contributed by atoms with Gasteiger partial charge in [-0.2, -0.15) is 0 Å². The number of para-hydroxylation sites is 1. The van der Waals surface area contributed by atoms with Crippen LogP contribution in [0.4, 0.5) is 0 Å². The number of likely N-dealkylation sites (N-methyl/N-ethyl adjacent to an activating group) is 1. The predicted octanol–water partition coefficient (Wildman–Crippen LogP) is 2.44. The minimum atomic E-state index is -0.137. The lowest BCUT2D eigenvalue weighted by Crippen LogP contribution is -2.43. The number of benzene rings is 1. The van der Waals surface area contributed by atoms with Crippen molar-refractivity contribution in [2.45, 2.75) is 52.1 Å². The van der Waals surface area contributed by atoms with Crippen LogP contribution in [0.25, 0.3) is 10.9 Å². The van der Waals surface area contributed by atoms with Crippen LogP contribution in [0.5, 0.6) is 0 Å². The van der Waals surface area contributed by atoms with Crippen molar-refractivity contribution in [2.75, 3.05) is 13.1 Å². The van der Waals surface area contributed by atoms with Gasteiger partial charge >= 0.3 is 0 Å². The molecule has 0 unspecified atom stereocenters. The third kappa shape index (κ3) is 4.69. The summed E-state index contributed by atoms with van der Waals surface area (Å²) in [5.74, 6) is 1.41. The molecule has 140 valence electrons. The molecule has 2 N–H and O–H groups in total. The second-order valence-corrected chi connectivity index (χ2v) is 7.36. The van der Waals surface area contributed by atoms with Gasteiger partial charge in [0.15, 0.2) is 0 Å². The molecule has 0 aliphatic heterocycles. The molecule has 6 heteroatoms. The van der Waals surface area contributed by atoms with E-state index in [1.54, 1.807) is 6.07 Å². The third-order valence-corrected chi connectivity index (χ3v) is 5.23. The number of fused-ring (bicyclic) bond motifs is 1. The summed E-state index contributed by atoms with van der Waals surface area (Å²) in [6, 6.07) is 7.60. The molecule has 1 amide bonds. The largest absolute Gasteiger partial charge is 0.352 e. The first kappa shape index (κ1) is 18.6. The van der Waals surface area contributed by atoms with Crippen LogP contribution >= 0.6 is 0 Å². The Morgan fingerprint density at radius 2 is 2.00 bits per heavy atom. The second kappa shape index (κ2) is 8.45. The Bertz CT molecular complexity index is 809. The number of carbonyl (C=O) groups excluding carboxylic acids is 1. The van der Waals surface area contributed by atoms with Gasteiger partial charge in [-0.05, 0) is 50.3 Å². The number of aromatic amines is 1. The Labute approximate surface area is 154 Å². The molecule has 1 fully saturated rings. The summed E-state index contributed by atoms with van der Waals surface area (Å²) < 4.78 is 0. The summed E-state index contributed by atoms with van der Waals surface area (Å²) in [4.78, 5) is 33.9. The predicted molar refractivity (Wildman–Crippen MR) is 103 cm³/mol. The molecule has 6 nitrogen and oxygen atoms in total. The summed E-state index contributed by atoms with van der Waals surface area (Å²) in [5, 5.41) is 3.74. The van der Waals surface area contributed by atoms with Crippen LogP contribution in [-0.2, 0) is 11.3 Å². The van der Waals surface area contributed by atoms with Crippen LogP contribution in [0, 0.1) is 5.92 Å². The SMILES string of the molecule is CCN(CC(=O)NC1CCC(C)CC1)Cc1nc2ccccc2c(=O)[nH]1. The number of carbonyl (C=O) groups is 1. The van der Waals surface area contributed by atoms with E-state index >= 15 is 0 Å². The molecule has 0 saturated heterocycles. The van der Waals surface area contributed by atoms with Crippen LogP contribution in [0.2, 0.25) is 0 Å². The van der Waals surface area contributed by atoms with Crippen molar-refractivity contribution >= 4 is 16.8 Å².